The van der Waals surface area contributed by atoms with Gasteiger partial charge in [-0.15, -0.1) is 0 Å². The van der Waals surface area contributed by atoms with Gasteiger partial charge < -0.3 is 4.90 Å². The molecule has 0 bridgehead atoms. The molecule has 1 heterocycles. The average Bonchev–Trinajstić information content (AvgIpc) is 2.92. The zero-order valence-electron chi connectivity index (χ0n) is 9.43. The van der Waals surface area contributed by atoms with E-state index in [9.17, 15) is 0 Å². The lowest BCUT2D eigenvalue weighted by Gasteiger charge is -2.20. The summed E-state index contributed by atoms with van der Waals surface area (Å²) in [5.74, 6) is 0. The minimum atomic E-state index is 0.579. The molecule has 1 saturated carbocycles. The second-order valence-corrected chi connectivity index (χ2v) is 5.91. The molecular weight excluding hydrogens is 280 g/mol. The van der Waals surface area contributed by atoms with Gasteiger partial charge in [0.05, 0.1) is 5.69 Å². The molecule has 1 aromatic carbocycles. The van der Waals surface area contributed by atoms with Crippen LogP contribution >= 0.6 is 15.9 Å². The van der Waals surface area contributed by atoms with Crippen molar-refractivity contribution >= 4 is 27.3 Å². The highest BCUT2D eigenvalue weighted by Crippen LogP contribution is 2.54. The number of halogens is 1. The number of rotatable bonds is 2. The largest absolute Gasteiger partial charge is 0.371 e. The van der Waals surface area contributed by atoms with Gasteiger partial charge in [-0.3, -0.25) is 0 Å². The Labute approximate surface area is 108 Å². The van der Waals surface area contributed by atoms with Crippen molar-refractivity contribution < 1.29 is 0 Å². The third-order valence-corrected chi connectivity index (χ3v) is 4.32. The van der Waals surface area contributed by atoms with Crippen LogP contribution in [0, 0.1) is 5.41 Å². The van der Waals surface area contributed by atoms with Crippen LogP contribution in [0.15, 0.2) is 27.8 Å². The number of anilines is 1. The Kier molecular flexibility index (Phi) is 2.53. The van der Waals surface area contributed by atoms with E-state index in [2.05, 4.69) is 30.9 Å². The molecule has 1 aromatic rings. The van der Waals surface area contributed by atoms with E-state index in [0.29, 0.717) is 5.41 Å². The quantitative estimate of drug-likeness (QED) is 0.453. The van der Waals surface area contributed by atoms with E-state index >= 15 is 0 Å². The highest BCUT2D eigenvalue weighted by Gasteiger charge is 2.47. The molecule has 88 valence electrons. The van der Waals surface area contributed by atoms with Crippen LogP contribution in [0.5, 0.6) is 0 Å². The van der Waals surface area contributed by atoms with E-state index in [1.54, 1.807) is 0 Å². The van der Waals surface area contributed by atoms with Gasteiger partial charge in [-0.05, 0) is 48.4 Å². The van der Waals surface area contributed by atoms with E-state index < -0.39 is 0 Å². The SMILES string of the molecule is [N-]=[N+]=Nc1ccc(Br)cc1N1CCC2(CC2)C1. The second kappa shape index (κ2) is 3.93. The van der Waals surface area contributed by atoms with Gasteiger partial charge in [0, 0.05) is 28.2 Å². The van der Waals surface area contributed by atoms with Crippen LogP contribution in [0.2, 0.25) is 0 Å². The van der Waals surface area contributed by atoms with Crippen LogP contribution in [-0.2, 0) is 0 Å². The molecule has 5 heteroatoms. The predicted octanol–water partition coefficient (Wildman–Crippen LogP) is 4.38. The van der Waals surface area contributed by atoms with Gasteiger partial charge >= 0.3 is 0 Å². The van der Waals surface area contributed by atoms with Crippen LogP contribution in [-0.4, -0.2) is 13.1 Å². The molecule has 2 aliphatic rings. The summed E-state index contributed by atoms with van der Waals surface area (Å²) in [6.07, 6.45) is 3.98. The lowest BCUT2D eigenvalue weighted by Crippen LogP contribution is -2.20. The summed E-state index contributed by atoms with van der Waals surface area (Å²) in [4.78, 5) is 5.25. The number of hydrogen-bond donors (Lipinski definition) is 0. The summed E-state index contributed by atoms with van der Waals surface area (Å²) >= 11 is 3.48. The zero-order valence-corrected chi connectivity index (χ0v) is 11.0. The molecule has 4 nitrogen and oxygen atoms in total. The summed E-state index contributed by atoms with van der Waals surface area (Å²) in [5, 5.41) is 3.78. The van der Waals surface area contributed by atoms with Crippen LogP contribution in [0.1, 0.15) is 19.3 Å². The van der Waals surface area contributed by atoms with Gasteiger partial charge in [-0.1, -0.05) is 21.0 Å². The Morgan fingerprint density at radius 3 is 2.82 bits per heavy atom. The molecule has 0 aromatic heterocycles. The topological polar surface area (TPSA) is 52.0 Å². The van der Waals surface area contributed by atoms with Crippen molar-refractivity contribution in [2.24, 2.45) is 10.5 Å². The van der Waals surface area contributed by atoms with E-state index in [0.717, 1.165) is 28.9 Å². The fourth-order valence-electron chi connectivity index (χ4n) is 2.61. The minimum absolute atomic E-state index is 0.579. The molecule has 0 amide bonds. The van der Waals surface area contributed by atoms with Crippen molar-refractivity contribution in [1.29, 1.82) is 0 Å². The molecule has 1 aliphatic heterocycles. The standard InChI is InChI=1S/C12H13BrN4/c13-9-1-2-10(15-16-14)11(7-9)17-6-5-12(8-17)3-4-12/h1-2,7H,3-6,8H2. The Balaban J connectivity index is 1.95. The maximum absolute atomic E-state index is 8.60. The predicted molar refractivity (Wildman–Crippen MR) is 71.4 cm³/mol. The highest BCUT2D eigenvalue weighted by atomic mass is 79.9. The van der Waals surface area contributed by atoms with Gasteiger partial charge in [-0.2, -0.15) is 0 Å². The number of hydrogen-bond acceptors (Lipinski definition) is 2. The van der Waals surface area contributed by atoms with Crippen LogP contribution in [0.25, 0.3) is 10.4 Å². The first-order valence-electron chi connectivity index (χ1n) is 5.82. The van der Waals surface area contributed by atoms with Crippen molar-refractivity contribution in [1.82, 2.24) is 0 Å². The van der Waals surface area contributed by atoms with Crippen LogP contribution < -0.4 is 4.90 Å². The Hall–Kier alpha value is -1.19. The van der Waals surface area contributed by atoms with Crippen molar-refractivity contribution in [2.75, 3.05) is 18.0 Å². The van der Waals surface area contributed by atoms with Gasteiger partial charge in [0.15, 0.2) is 0 Å². The van der Waals surface area contributed by atoms with Crippen LogP contribution in [0.4, 0.5) is 11.4 Å². The molecule has 0 radical (unpaired) electrons. The first kappa shape index (κ1) is 10.9. The molecule has 3 rings (SSSR count). The first-order chi connectivity index (χ1) is 8.22. The van der Waals surface area contributed by atoms with Crippen molar-refractivity contribution in [3.63, 3.8) is 0 Å². The summed E-state index contributed by atoms with van der Waals surface area (Å²) in [5.41, 5.74) is 11.0. The molecule has 17 heavy (non-hydrogen) atoms. The molecule has 0 N–H and O–H groups in total. The fourth-order valence-corrected chi connectivity index (χ4v) is 2.96. The number of benzene rings is 1. The normalized spacial score (nSPS) is 20.4. The minimum Gasteiger partial charge on any atom is -0.371 e. The maximum atomic E-state index is 8.60. The summed E-state index contributed by atoms with van der Waals surface area (Å²) < 4.78 is 1.03. The van der Waals surface area contributed by atoms with Gasteiger partial charge in [0.2, 0.25) is 0 Å². The maximum Gasteiger partial charge on any atom is 0.0609 e. The second-order valence-electron chi connectivity index (χ2n) is 4.99. The monoisotopic (exact) mass is 292 g/mol. The Morgan fingerprint density at radius 2 is 2.18 bits per heavy atom. The van der Waals surface area contributed by atoms with E-state index in [-0.39, 0.29) is 0 Å². The average molecular weight is 293 g/mol. The molecular formula is C12H13BrN4. The van der Waals surface area contributed by atoms with E-state index in [1.165, 1.54) is 19.3 Å². The third-order valence-electron chi connectivity index (χ3n) is 3.83. The molecule has 0 unspecified atom stereocenters. The Morgan fingerprint density at radius 1 is 1.35 bits per heavy atom. The van der Waals surface area contributed by atoms with Gasteiger partial charge in [0.1, 0.15) is 0 Å². The zero-order chi connectivity index (χ0) is 11.9. The van der Waals surface area contributed by atoms with Crippen molar-refractivity contribution in [3.05, 3.63) is 33.1 Å². The van der Waals surface area contributed by atoms with Crippen molar-refractivity contribution in [2.45, 2.75) is 19.3 Å². The lowest BCUT2D eigenvalue weighted by molar-refractivity contribution is 0.581. The lowest BCUT2D eigenvalue weighted by atomic mass is 10.1. The van der Waals surface area contributed by atoms with Crippen molar-refractivity contribution in [3.8, 4) is 0 Å². The third kappa shape index (κ3) is 2.01. The fraction of sp³-hybridized carbons (Fsp3) is 0.500. The first-order valence-corrected chi connectivity index (χ1v) is 6.61. The molecule has 2 fully saturated rings. The molecule has 1 aliphatic carbocycles. The van der Waals surface area contributed by atoms with E-state index in [1.807, 2.05) is 18.2 Å². The summed E-state index contributed by atoms with van der Waals surface area (Å²) in [7, 11) is 0. The molecule has 1 saturated heterocycles. The highest BCUT2D eigenvalue weighted by molar-refractivity contribution is 9.10. The number of azide groups is 1. The smallest absolute Gasteiger partial charge is 0.0609 e. The van der Waals surface area contributed by atoms with Gasteiger partial charge in [-0.25, -0.2) is 0 Å². The van der Waals surface area contributed by atoms with Gasteiger partial charge in [0.25, 0.3) is 0 Å². The van der Waals surface area contributed by atoms with Crippen LogP contribution in [0.3, 0.4) is 0 Å². The molecule has 0 atom stereocenters. The number of nitrogens with zero attached hydrogens (tertiary/aromatic N) is 4. The summed E-state index contributed by atoms with van der Waals surface area (Å²) in [6.45, 7) is 2.18. The summed E-state index contributed by atoms with van der Waals surface area (Å²) in [6, 6.07) is 5.83. The Bertz CT molecular complexity index is 503. The van der Waals surface area contributed by atoms with E-state index in [4.69, 9.17) is 5.53 Å². The molecule has 1 spiro atoms.